The van der Waals surface area contributed by atoms with Gasteiger partial charge < -0.3 is 24.4 Å². The molecular weight excluding hydrogens is 761 g/mol. The monoisotopic (exact) mass is 837 g/mol. The number of hydrogen-bond donors (Lipinski definition) is 2. The number of carboxylic acids is 1. The first-order chi connectivity index (χ1) is 27.5. The Labute approximate surface area is 361 Å². The molecule has 0 aliphatic heterocycles. The quantitative estimate of drug-likeness (QED) is 0.0946. The number of carbonyl (C=O) groups excluding carboxylic acids is 3. The van der Waals surface area contributed by atoms with Crippen molar-refractivity contribution in [3.63, 3.8) is 0 Å². The van der Waals surface area contributed by atoms with Crippen molar-refractivity contribution in [2.75, 3.05) is 34.3 Å². The summed E-state index contributed by atoms with van der Waals surface area (Å²) in [6, 6.07) is 24.8. The Bertz CT molecular complexity index is 1680. The summed E-state index contributed by atoms with van der Waals surface area (Å²) in [5.74, 6) is -1.25. The lowest BCUT2D eigenvalue weighted by atomic mass is 10.0. The zero-order valence-corrected chi connectivity index (χ0v) is 37.9. The van der Waals surface area contributed by atoms with Crippen molar-refractivity contribution >= 4 is 23.9 Å². The minimum absolute atomic E-state index is 0. The average Bonchev–Trinajstić information content (AvgIpc) is 3.13. The van der Waals surface area contributed by atoms with Gasteiger partial charge in [-0.1, -0.05) is 114 Å². The van der Waals surface area contributed by atoms with E-state index < -0.39 is 23.2 Å². The van der Waals surface area contributed by atoms with E-state index in [0.29, 0.717) is 6.54 Å². The van der Waals surface area contributed by atoms with Crippen molar-refractivity contribution in [2.24, 2.45) is 11.8 Å². The van der Waals surface area contributed by atoms with Gasteiger partial charge in [0.15, 0.2) is 0 Å². The number of nitrogens with zero attached hydrogens (tertiary/aromatic N) is 2. The zero-order chi connectivity index (χ0) is 44.9. The van der Waals surface area contributed by atoms with Crippen LogP contribution < -0.4 is 0 Å². The van der Waals surface area contributed by atoms with Crippen LogP contribution in [0.2, 0.25) is 0 Å². The molecule has 0 saturated heterocycles. The predicted octanol–water partition coefficient (Wildman–Crippen LogP) is 8.21. The fourth-order valence-electron chi connectivity index (χ4n) is 6.38. The van der Waals surface area contributed by atoms with Crippen molar-refractivity contribution in [1.82, 2.24) is 9.80 Å². The van der Waals surface area contributed by atoms with Crippen molar-refractivity contribution in [3.05, 3.63) is 107 Å². The lowest BCUT2D eigenvalue weighted by molar-refractivity contribution is -0.155. The molecule has 0 aromatic heterocycles. The molecule has 0 unspecified atom stereocenters. The fraction of sp³-hybridized carbons (Fsp3) is 0.551. The van der Waals surface area contributed by atoms with Crippen molar-refractivity contribution in [3.8, 4) is 0 Å². The van der Waals surface area contributed by atoms with Gasteiger partial charge in [-0.15, -0.1) is 0 Å². The summed E-state index contributed by atoms with van der Waals surface area (Å²) in [7, 11) is 4.81. The van der Waals surface area contributed by atoms with E-state index in [9.17, 15) is 24.3 Å². The highest BCUT2D eigenvalue weighted by Gasteiger charge is 2.28. The zero-order valence-electron chi connectivity index (χ0n) is 37.9. The smallest absolute Gasteiger partial charge is 0.323 e. The van der Waals surface area contributed by atoms with Crippen molar-refractivity contribution in [1.29, 1.82) is 0 Å². The second-order valence-corrected chi connectivity index (χ2v) is 17.4. The molecule has 0 amide bonds. The molecule has 0 radical (unpaired) electrons. The lowest BCUT2D eigenvalue weighted by Gasteiger charge is -2.29. The van der Waals surface area contributed by atoms with Gasteiger partial charge in [0.2, 0.25) is 0 Å². The molecule has 336 valence electrons. The number of carbonyl (C=O) groups is 4. The third kappa shape index (κ3) is 22.7. The van der Waals surface area contributed by atoms with Gasteiger partial charge in [-0.2, -0.15) is 0 Å². The summed E-state index contributed by atoms with van der Waals surface area (Å²) in [4.78, 5) is 51.9. The standard InChI is InChI=1S/C27H37NO4.C20H31NO4.CH4O.CH4/c1-20(2)25(26(30)31-19-23-10-8-7-9-11-23)28(6)17-16-21-12-14-22(15-13-21)18-24(29)32-27(3,4)5;1-14(2)18(19(23)24)21(6)12-11-15-7-9-16(10-8-15)13-17(22)25-20(3,4)5;1-2;/h7-15,20,25H,16-19H2,1-6H3;7-10,14,18H,11-13H2,1-6H3,(H,23,24);2H,1H3;1H4/t25-;18-;;/m00../s1. The first-order valence-electron chi connectivity index (χ1n) is 20.4. The van der Waals surface area contributed by atoms with E-state index in [4.69, 9.17) is 19.3 Å². The Morgan fingerprint density at radius 3 is 1.25 bits per heavy atom. The van der Waals surface area contributed by atoms with E-state index in [0.717, 1.165) is 54.3 Å². The molecular formula is C49H76N2O9. The maximum absolute atomic E-state index is 12.7. The average molecular weight is 837 g/mol. The maximum atomic E-state index is 12.7. The van der Waals surface area contributed by atoms with Crippen LogP contribution in [-0.2, 0) is 65.7 Å². The maximum Gasteiger partial charge on any atom is 0.323 e. The van der Waals surface area contributed by atoms with Crippen LogP contribution in [0.1, 0.15) is 104 Å². The molecule has 3 aromatic carbocycles. The number of benzene rings is 3. The Balaban J connectivity index is 0.00000113. The largest absolute Gasteiger partial charge is 0.480 e. The minimum Gasteiger partial charge on any atom is -0.480 e. The molecule has 0 fully saturated rings. The fourth-order valence-corrected chi connectivity index (χ4v) is 6.38. The number of aliphatic hydroxyl groups is 1. The topological polar surface area (TPSA) is 143 Å². The summed E-state index contributed by atoms with van der Waals surface area (Å²) in [5, 5.41) is 16.3. The Kier molecular flexibility index (Phi) is 25.2. The highest BCUT2D eigenvalue weighted by Crippen LogP contribution is 2.17. The summed E-state index contributed by atoms with van der Waals surface area (Å²) in [5.41, 5.74) is 4.16. The van der Waals surface area contributed by atoms with E-state index in [1.54, 1.807) is 0 Å². The van der Waals surface area contributed by atoms with Gasteiger partial charge in [-0.25, -0.2) is 0 Å². The number of carboxylic acid groups (broad SMARTS) is 1. The number of ether oxygens (including phenoxy) is 3. The van der Waals surface area contributed by atoms with Gasteiger partial charge in [0, 0.05) is 20.2 Å². The highest BCUT2D eigenvalue weighted by molar-refractivity contribution is 5.76. The highest BCUT2D eigenvalue weighted by atomic mass is 16.6. The second-order valence-electron chi connectivity index (χ2n) is 17.4. The molecule has 0 aliphatic rings. The van der Waals surface area contributed by atoms with Gasteiger partial charge in [-0.05, 0) is 108 Å². The summed E-state index contributed by atoms with van der Waals surface area (Å²) in [6.45, 7) is 20.8. The van der Waals surface area contributed by atoms with E-state index in [1.165, 1.54) is 0 Å². The predicted molar refractivity (Wildman–Crippen MR) is 241 cm³/mol. The number of rotatable bonds is 18. The van der Waals surface area contributed by atoms with E-state index in [2.05, 4.69) is 4.90 Å². The lowest BCUT2D eigenvalue weighted by Crippen LogP contribution is -2.44. The third-order valence-corrected chi connectivity index (χ3v) is 9.02. The molecule has 0 bridgehead atoms. The second kappa shape index (κ2) is 27.3. The molecule has 0 saturated carbocycles. The van der Waals surface area contributed by atoms with E-state index in [1.807, 2.05) is 167 Å². The van der Waals surface area contributed by atoms with E-state index in [-0.39, 0.29) is 62.7 Å². The number of esters is 3. The molecule has 2 atom stereocenters. The summed E-state index contributed by atoms with van der Waals surface area (Å²) < 4.78 is 16.3. The molecule has 11 heteroatoms. The van der Waals surface area contributed by atoms with Crippen molar-refractivity contribution in [2.45, 2.75) is 132 Å². The van der Waals surface area contributed by atoms with E-state index >= 15 is 0 Å². The molecule has 3 aromatic rings. The molecule has 2 N–H and O–H groups in total. The van der Waals surface area contributed by atoms with Crippen LogP contribution in [0.15, 0.2) is 78.9 Å². The summed E-state index contributed by atoms with van der Waals surface area (Å²) >= 11 is 0. The van der Waals surface area contributed by atoms with Crippen LogP contribution in [0.25, 0.3) is 0 Å². The van der Waals surface area contributed by atoms with Crippen LogP contribution >= 0.6 is 0 Å². The summed E-state index contributed by atoms with van der Waals surface area (Å²) in [6.07, 6.45) is 2.09. The van der Waals surface area contributed by atoms with Crippen molar-refractivity contribution < 1.29 is 43.6 Å². The van der Waals surface area contributed by atoms with Gasteiger partial charge in [-0.3, -0.25) is 29.0 Å². The number of aliphatic hydroxyl groups excluding tert-OH is 1. The Morgan fingerprint density at radius 1 is 0.567 bits per heavy atom. The van der Waals surface area contributed by atoms with Crippen LogP contribution in [0, 0.1) is 11.8 Å². The number of aliphatic carboxylic acids is 1. The molecule has 60 heavy (non-hydrogen) atoms. The Morgan fingerprint density at radius 2 is 0.917 bits per heavy atom. The van der Waals surface area contributed by atoms with Gasteiger partial charge in [0.25, 0.3) is 0 Å². The molecule has 3 rings (SSSR count). The number of hydrogen-bond acceptors (Lipinski definition) is 10. The minimum atomic E-state index is -0.787. The van der Waals surface area contributed by atoms with Crippen LogP contribution in [-0.4, -0.2) is 101 Å². The van der Waals surface area contributed by atoms with Crippen LogP contribution in [0.4, 0.5) is 0 Å². The normalized spacial score (nSPS) is 12.3. The van der Waals surface area contributed by atoms with Gasteiger partial charge in [0.1, 0.15) is 29.9 Å². The van der Waals surface area contributed by atoms with Gasteiger partial charge in [0.05, 0.1) is 12.8 Å². The van der Waals surface area contributed by atoms with Crippen LogP contribution in [0.5, 0.6) is 0 Å². The molecule has 0 aliphatic carbocycles. The Hall–Kier alpha value is -4.58. The van der Waals surface area contributed by atoms with Crippen LogP contribution in [0.3, 0.4) is 0 Å². The molecule has 11 nitrogen and oxygen atoms in total. The number of likely N-dealkylation sites (N-methyl/N-ethyl adjacent to an activating group) is 2. The van der Waals surface area contributed by atoms with Gasteiger partial charge >= 0.3 is 23.9 Å². The molecule has 0 spiro atoms. The first kappa shape index (κ1) is 55.4. The molecule has 0 heterocycles. The first-order valence-corrected chi connectivity index (χ1v) is 20.4. The third-order valence-electron chi connectivity index (χ3n) is 9.02. The SMILES string of the molecule is C.CC(C)[C@@H](C(=O)O)N(C)CCc1ccc(CC(=O)OC(C)(C)C)cc1.CC(C)[C@@H](C(=O)OCc1ccccc1)N(C)CCc1ccc(CC(=O)OC(C)(C)C)cc1.CO.